The lowest BCUT2D eigenvalue weighted by molar-refractivity contribution is 0.706. The van der Waals surface area contributed by atoms with E-state index in [1.165, 1.54) is 0 Å². The molecule has 0 aromatic carbocycles. The van der Waals surface area contributed by atoms with Gasteiger partial charge in [0.1, 0.15) is 0 Å². The lowest BCUT2D eigenvalue weighted by Gasteiger charge is -1.94. The molecule has 8 heavy (non-hydrogen) atoms. The Hall–Kier alpha value is 0.540. The second-order valence-corrected chi connectivity index (χ2v) is 1.77. The number of alkyl halides is 1. The van der Waals surface area contributed by atoms with Crippen LogP contribution in [0.15, 0.2) is 0 Å². The van der Waals surface area contributed by atoms with Gasteiger partial charge in [-0.25, -0.2) is 0 Å². The normalized spacial score (nSPS) is 8.25. The van der Waals surface area contributed by atoms with Crippen LogP contribution in [-0.2, 0) is 0 Å². The van der Waals surface area contributed by atoms with Gasteiger partial charge in [0.25, 0.3) is 0 Å². The fourth-order valence-corrected chi connectivity index (χ4v) is 0.502. The molecule has 0 aromatic heterocycles. The molecule has 0 fully saturated rings. The molecule has 0 aliphatic rings. The number of hydrogen-bond acceptors (Lipinski definition) is 1. The van der Waals surface area contributed by atoms with E-state index in [-0.39, 0.29) is 12.4 Å². The van der Waals surface area contributed by atoms with Crippen molar-refractivity contribution in [2.75, 3.05) is 19.0 Å². The van der Waals surface area contributed by atoms with Gasteiger partial charge in [0.15, 0.2) is 0 Å². The van der Waals surface area contributed by atoms with Gasteiger partial charge in [0.2, 0.25) is 0 Å². The first-order valence-electron chi connectivity index (χ1n) is 2.68. The summed E-state index contributed by atoms with van der Waals surface area (Å²) in [5, 5.41) is 3.16. The van der Waals surface area contributed by atoms with E-state index in [0.717, 1.165) is 25.4 Å². The minimum atomic E-state index is 0. The molecule has 52 valence electrons. The van der Waals surface area contributed by atoms with E-state index < -0.39 is 0 Å². The highest BCUT2D eigenvalue weighted by atomic mass is 35.5. The molecule has 0 heterocycles. The number of hydrogen-bond donors (Lipinski definition) is 1. The summed E-state index contributed by atoms with van der Waals surface area (Å²) in [6.07, 6.45) is 1.08. The highest BCUT2D eigenvalue weighted by Crippen LogP contribution is 1.79. The molecule has 0 radical (unpaired) electrons. The van der Waals surface area contributed by atoms with E-state index in [9.17, 15) is 0 Å². The van der Waals surface area contributed by atoms with Gasteiger partial charge in [-0.2, -0.15) is 0 Å². The summed E-state index contributed by atoms with van der Waals surface area (Å²) < 4.78 is 0. The molecular weight excluding hydrogens is 145 g/mol. The Morgan fingerprint density at radius 1 is 1.50 bits per heavy atom. The Balaban J connectivity index is 0. The van der Waals surface area contributed by atoms with Crippen molar-refractivity contribution in [2.45, 2.75) is 13.3 Å². The van der Waals surface area contributed by atoms with Crippen molar-refractivity contribution in [2.24, 2.45) is 0 Å². The first-order valence-corrected chi connectivity index (χ1v) is 3.22. The van der Waals surface area contributed by atoms with Gasteiger partial charge >= 0.3 is 0 Å². The molecule has 1 N–H and O–H groups in total. The van der Waals surface area contributed by atoms with Crippen LogP contribution in [0.2, 0.25) is 0 Å². The quantitative estimate of drug-likeness (QED) is 0.484. The van der Waals surface area contributed by atoms with Gasteiger partial charge in [-0.05, 0) is 19.5 Å². The molecule has 0 aliphatic carbocycles. The molecule has 1 nitrogen and oxygen atoms in total. The van der Waals surface area contributed by atoms with Crippen LogP contribution in [0.3, 0.4) is 0 Å². The summed E-state index contributed by atoms with van der Waals surface area (Å²) in [5.41, 5.74) is 0. The molecule has 0 spiro atoms. The Morgan fingerprint density at radius 3 is 2.50 bits per heavy atom. The van der Waals surface area contributed by atoms with E-state index in [4.69, 9.17) is 11.6 Å². The van der Waals surface area contributed by atoms with E-state index in [0.29, 0.717) is 0 Å². The third kappa shape index (κ3) is 9.74. The van der Waals surface area contributed by atoms with Crippen LogP contribution < -0.4 is 5.32 Å². The van der Waals surface area contributed by atoms with Gasteiger partial charge in [-0.1, -0.05) is 6.92 Å². The van der Waals surface area contributed by atoms with E-state index in [1.807, 2.05) is 0 Å². The maximum absolute atomic E-state index is 5.40. The van der Waals surface area contributed by atoms with Gasteiger partial charge in [-0.3, -0.25) is 0 Å². The number of rotatable bonds is 4. The molecule has 0 saturated heterocycles. The van der Waals surface area contributed by atoms with Crippen LogP contribution in [0.5, 0.6) is 0 Å². The van der Waals surface area contributed by atoms with E-state index >= 15 is 0 Å². The summed E-state index contributed by atoms with van der Waals surface area (Å²) in [6.45, 7) is 4.20. The molecule has 3 heteroatoms. The minimum absolute atomic E-state index is 0. The molecule has 0 saturated carbocycles. The highest BCUT2D eigenvalue weighted by molar-refractivity contribution is 6.17. The van der Waals surface area contributed by atoms with Crippen LogP contribution in [0, 0.1) is 0 Å². The molecule has 0 rings (SSSR count). The van der Waals surface area contributed by atoms with Gasteiger partial charge in [0.05, 0.1) is 0 Å². The summed E-state index contributed by atoms with van der Waals surface area (Å²) >= 11 is 5.40. The lowest BCUT2D eigenvalue weighted by atomic mass is 10.5. The third-order valence-corrected chi connectivity index (χ3v) is 1.00. The van der Waals surface area contributed by atoms with Crippen molar-refractivity contribution in [3.63, 3.8) is 0 Å². The van der Waals surface area contributed by atoms with Crippen LogP contribution >= 0.6 is 24.0 Å². The molecule has 0 amide bonds. The zero-order valence-corrected chi connectivity index (χ0v) is 6.69. The van der Waals surface area contributed by atoms with Crippen molar-refractivity contribution in [3.8, 4) is 0 Å². The highest BCUT2D eigenvalue weighted by Gasteiger charge is 1.78. The standard InChI is InChI=1S/C5H12ClN.ClH/c1-2-7-5-3-4-6;/h7H,2-5H2,1H3;1H. The number of nitrogens with one attached hydrogen (secondary N) is 1. The maximum atomic E-state index is 5.40. The van der Waals surface area contributed by atoms with Crippen LogP contribution in [-0.4, -0.2) is 19.0 Å². The predicted octanol–water partition coefficient (Wildman–Crippen LogP) is 1.65. The van der Waals surface area contributed by atoms with E-state index in [1.54, 1.807) is 0 Å². The largest absolute Gasteiger partial charge is 0.317 e. The topological polar surface area (TPSA) is 12.0 Å². The molecule has 0 bridgehead atoms. The monoisotopic (exact) mass is 157 g/mol. The van der Waals surface area contributed by atoms with Crippen molar-refractivity contribution in [1.29, 1.82) is 0 Å². The Morgan fingerprint density at radius 2 is 2.12 bits per heavy atom. The SMILES string of the molecule is CCNCCCCl.Cl. The summed E-state index contributed by atoms with van der Waals surface area (Å²) in [6, 6.07) is 0. The minimum Gasteiger partial charge on any atom is -0.317 e. The second kappa shape index (κ2) is 10.5. The Labute approximate surface area is 62.2 Å². The smallest absolute Gasteiger partial charge is 0.0235 e. The maximum Gasteiger partial charge on any atom is 0.0235 e. The Kier molecular flexibility index (Phi) is 14.9. The van der Waals surface area contributed by atoms with Crippen LogP contribution in [0.25, 0.3) is 0 Å². The van der Waals surface area contributed by atoms with Gasteiger partial charge < -0.3 is 5.32 Å². The van der Waals surface area contributed by atoms with Crippen LogP contribution in [0.4, 0.5) is 0 Å². The molecule has 0 aliphatic heterocycles. The predicted molar refractivity (Wildman–Crippen MR) is 41.1 cm³/mol. The third-order valence-electron chi connectivity index (χ3n) is 0.737. The average Bonchev–Trinajstić information content (AvgIpc) is 1.69. The van der Waals surface area contributed by atoms with Gasteiger partial charge in [-0.15, -0.1) is 24.0 Å². The number of halogens is 2. The van der Waals surface area contributed by atoms with Crippen molar-refractivity contribution in [3.05, 3.63) is 0 Å². The molecule has 0 unspecified atom stereocenters. The summed E-state index contributed by atoms with van der Waals surface area (Å²) in [7, 11) is 0. The van der Waals surface area contributed by atoms with Crippen molar-refractivity contribution < 1.29 is 0 Å². The second-order valence-electron chi connectivity index (χ2n) is 1.40. The van der Waals surface area contributed by atoms with Crippen molar-refractivity contribution >= 4 is 24.0 Å². The molecular formula is C5H13Cl2N. The fraction of sp³-hybridized carbons (Fsp3) is 1.00. The van der Waals surface area contributed by atoms with Crippen LogP contribution in [0.1, 0.15) is 13.3 Å². The zero-order chi connectivity index (χ0) is 5.54. The zero-order valence-electron chi connectivity index (χ0n) is 5.11. The fourth-order valence-electron chi connectivity index (χ4n) is 0.369. The summed E-state index contributed by atoms with van der Waals surface area (Å²) in [4.78, 5) is 0. The molecule has 0 atom stereocenters. The van der Waals surface area contributed by atoms with Gasteiger partial charge in [0, 0.05) is 5.88 Å². The van der Waals surface area contributed by atoms with E-state index in [2.05, 4.69) is 12.2 Å². The first-order chi connectivity index (χ1) is 3.41. The first kappa shape index (κ1) is 11.4. The average molecular weight is 158 g/mol. The summed E-state index contributed by atoms with van der Waals surface area (Å²) in [5.74, 6) is 0.771. The van der Waals surface area contributed by atoms with Crippen molar-refractivity contribution in [1.82, 2.24) is 5.32 Å². The molecule has 0 aromatic rings. The Bertz CT molecular complexity index is 29.6. The lowest BCUT2D eigenvalue weighted by Crippen LogP contribution is -2.13.